The van der Waals surface area contributed by atoms with Crippen molar-refractivity contribution in [1.29, 1.82) is 0 Å². The zero-order valence-electron chi connectivity index (χ0n) is 18.5. The molecule has 0 bridgehead atoms. The Balaban J connectivity index is 1.68. The Labute approximate surface area is 189 Å². The van der Waals surface area contributed by atoms with Crippen LogP contribution in [0.5, 0.6) is 0 Å². The molecule has 0 radical (unpaired) electrons. The summed E-state index contributed by atoms with van der Waals surface area (Å²) in [5.74, 6) is -0.270. The molecule has 0 aromatic heterocycles. The molecule has 2 amide bonds. The van der Waals surface area contributed by atoms with Crippen LogP contribution >= 0.6 is 0 Å². The SMILES string of the molecule is C=C(Cc1ccccc1C(=O)NC(C)c1cccc2ccccc12)NC/C=C/C(=O)NC. The van der Waals surface area contributed by atoms with Crippen molar-refractivity contribution in [3.8, 4) is 0 Å². The molecule has 164 valence electrons. The smallest absolute Gasteiger partial charge is 0.252 e. The molecule has 1 atom stereocenters. The van der Waals surface area contributed by atoms with Crippen LogP contribution in [0, 0.1) is 0 Å². The van der Waals surface area contributed by atoms with Gasteiger partial charge in [0.1, 0.15) is 0 Å². The molecule has 0 heterocycles. The fourth-order valence-electron chi connectivity index (χ4n) is 3.62. The summed E-state index contributed by atoms with van der Waals surface area (Å²) in [7, 11) is 1.59. The van der Waals surface area contributed by atoms with E-state index in [4.69, 9.17) is 0 Å². The summed E-state index contributed by atoms with van der Waals surface area (Å²) < 4.78 is 0. The van der Waals surface area contributed by atoms with Crippen LogP contribution in [0.3, 0.4) is 0 Å². The normalized spacial score (nSPS) is 11.8. The monoisotopic (exact) mass is 427 g/mol. The maximum absolute atomic E-state index is 13.1. The van der Waals surface area contributed by atoms with Crippen LogP contribution in [0.25, 0.3) is 10.8 Å². The number of amides is 2. The first kappa shape index (κ1) is 22.8. The largest absolute Gasteiger partial charge is 0.385 e. The lowest BCUT2D eigenvalue weighted by Gasteiger charge is -2.18. The molecule has 0 aliphatic rings. The lowest BCUT2D eigenvalue weighted by Crippen LogP contribution is -2.28. The van der Waals surface area contributed by atoms with Crippen LogP contribution < -0.4 is 16.0 Å². The molecule has 0 spiro atoms. The number of fused-ring (bicyclic) bond motifs is 1. The summed E-state index contributed by atoms with van der Waals surface area (Å²) in [6.45, 7) is 6.54. The van der Waals surface area contributed by atoms with E-state index < -0.39 is 0 Å². The molecule has 5 nitrogen and oxygen atoms in total. The lowest BCUT2D eigenvalue weighted by atomic mass is 9.98. The minimum atomic E-state index is -0.153. The number of allylic oxidation sites excluding steroid dienone is 1. The lowest BCUT2D eigenvalue weighted by molar-refractivity contribution is -0.116. The average Bonchev–Trinajstić information content (AvgIpc) is 2.81. The number of hydrogen-bond donors (Lipinski definition) is 3. The summed E-state index contributed by atoms with van der Waals surface area (Å²) in [5.41, 5.74) is 3.38. The Hall–Kier alpha value is -3.86. The number of hydrogen-bond acceptors (Lipinski definition) is 3. The highest BCUT2D eigenvalue weighted by molar-refractivity contribution is 5.96. The summed E-state index contributed by atoms with van der Waals surface area (Å²) in [6, 6.07) is 21.7. The van der Waals surface area contributed by atoms with Gasteiger partial charge in [0.2, 0.25) is 5.91 Å². The Morgan fingerprint density at radius 2 is 1.72 bits per heavy atom. The first-order chi connectivity index (χ1) is 15.5. The zero-order valence-corrected chi connectivity index (χ0v) is 18.5. The molecule has 5 heteroatoms. The standard InChI is InChI=1S/C27H29N3O2/c1-19(29-17-9-16-26(31)28-3)18-22-11-5-7-14-25(22)27(32)30-20(2)23-15-8-12-21-10-4-6-13-24(21)23/h4-16,20,29H,1,17-18H2,2-3H3,(H,28,31)(H,30,32)/b16-9+. The van der Waals surface area contributed by atoms with Crippen molar-refractivity contribution in [3.63, 3.8) is 0 Å². The topological polar surface area (TPSA) is 70.2 Å². The first-order valence-corrected chi connectivity index (χ1v) is 10.7. The second-order valence-electron chi connectivity index (χ2n) is 7.60. The van der Waals surface area contributed by atoms with E-state index in [-0.39, 0.29) is 17.9 Å². The summed E-state index contributed by atoms with van der Waals surface area (Å²) >= 11 is 0. The predicted octanol–water partition coefficient (Wildman–Crippen LogP) is 4.28. The van der Waals surface area contributed by atoms with Gasteiger partial charge in [-0.15, -0.1) is 0 Å². The van der Waals surface area contributed by atoms with E-state index in [9.17, 15) is 9.59 Å². The number of carbonyl (C=O) groups is 2. The molecule has 3 N–H and O–H groups in total. The molecule has 3 aromatic carbocycles. The second kappa shape index (κ2) is 11.0. The number of nitrogens with one attached hydrogen (secondary N) is 3. The number of carbonyl (C=O) groups excluding carboxylic acids is 2. The molecular weight excluding hydrogens is 398 g/mol. The van der Waals surface area contributed by atoms with Crippen molar-refractivity contribution in [2.24, 2.45) is 0 Å². The molecule has 3 rings (SSSR count). The van der Waals surface area contributed by atoms with E-state index in [0.717, 1.165) is 27.6 Å². The van der Waals surface area contributed by atoms with Gasteiger partial charge in [0.05, 0.1) is 6.04 Å². The van der Waals surface area contributed by atoms with Crippen LogP contribution in [-0.4, -0.2) is 25.4 Å². The van der Waals surface area contributed by atoms with E-state index in [1.165, 1.54) is 6.08 Å². The molecule has 32 heavy (non-hydrogen) atoms. The van der Waals surface area contributed by atoms with Crippen molar-refractivity contribution in [2.75, 3.05) is 13.6 Å². The number of rotatable bonds is 9. The van der Waals surface area contributed by atoms with Crippen molar-refractivity contribution in [2.45, 2.75) is 19.4 Å². The number of benzene rings is 3. The van der Waals surface area contributed by atoms with Crippen LogP contribution in [-0.2, 0) is 11.2 Å². The van der Waals surface area contributed by atoms with E-state index in [1.807, 2.05) is 49.4 Å². The van der Waals surface area contributed by atoms with Crippen LogP contribution in [0.15, 0.2) is 91.2 Å². The molecule has 0 fully saturated rings. The highest BCUT2D eigenvalue weighted by Crippen LogP contribution is 2.24. The maximum atomic E-state index is 13.1. The quantitative estimate of drug-likeness (QED) is 0.447. The van der Waals surface area contributed by atoms with Gasteiger partial charge in [-0.05, 0) is 34.9 Å². The Morgan fingerprint density at radius 3 is 2.53 bits per heavy atom. The minimum absolute atomic E-state index is 0.117. The molecule has 0 aliphatic heterocycles. The third-order valence-corrected chi connectivity index (χ3v) is 5.29. The molecule has 0 aliphatic carbocycles. The van der Waals surface area contributed by atoms with Crippen molar-refractivity contribution in [1.82, 2.24) is 16.0 Å². The van der Waals surface area contributed by atoms with Crippen LogP contribution in [0.1, 0.15) is 34.5 Å². The molecule has 0 saturated carbocycles. The van der Waals surface area contributed by atoms with Crippen molar-refractivity contribution >= 4 is 22.6 Å². The van der Waals surface area contributed by atoms with Gasteiger partial charge in [-0.3, -0.25) is 9.59 Å². The van der Waals surface area contributed by atoms with Gasteiger partial charge in [0.25, 0.3) is 5.91 Å². The van der Waals surface area contributed by atoms with Gasteiger partial charge < -0.3 is 16.0 Å². The second-order valence-corrected chi connectivity index (χ2v) is 7.60. The number of likely N-dealkylation sites (N-methyl/N-ethyl adjacent to an activating group) is 1. The van der Waals surface area contributed by atoms with Gasteiger partial charge in [-0.1, -0.05) is 73.3 Å². The van der Waals surface area contributed by atoms with Crippen LogP contribution in [0.4, 0.5) is 0 Å². The van der Waals surface area contributed by atoms with E-state index >= 15 is 0 Å². The summed E-state index contributed by atoms with van der Waals surface area (Å²) in [4.78, 5) is 24.4. The summed E-state index contributed by atoms with van der Waals surface area (Å²) in [6.07, 6.45) is 3.71. The fourth-order valence-corrected chi connectivity index (χ4v) is 3.62. The van der Waals surface area contributed by atoms with E-state index in [2.05, 4.69) is 46.8 Å². The third kappa shape index (κ3) is 5.85. The van der Waals surface area contributed by atoms with Crippen LogP contribution in [0.2, 0.25) is 0 Å². The fraction of sp³-hybridized carbons (Fsp3) is 0.185. The average molecular weight is 428 g/mol. The van der Waals surface area contributed by atoms with Gasteiger partial charge in [0, 0.05) is 37.3 Å². The highest BCUT2D eigenvalue weighted by Gasteiger charge is 2.16. The minimum Gasteiger partial charge on any atom is -0.385 e. The van der Waals surface area contributed by atoms with Gasteiger partial charge in [-0.2, -0.15) is 0 Å². The Morgan fingerprint density at radius 1 is 1.00 bits per heavy atom. The Kier molecular flexibility index (Phi) is 7.81. The van der Waals surface area contributed by atoms with E-state index in [1.54, 1.807) is 13.1 Å². The van der Waals surface area contributed by atoms with E-state index in [0.29, 0.717) is 18.5 Å². The molecule has 1 unspecified atom stereocenters. The third-order valence-electron chi connectivity index (χ3n) is 5.29. The highest BCUT2D eigenvalue weighted by atomic mass is 16.2. The van der Waals surface area contributed by atoms with Crippen molar-refractivity contribution in [3.05, 3.63) is 108 Å². The van der Waals surface area contributed by atoms with Gasteiger partial charge in [-0.25, -0.2) is 0 Å². The maximum Gasteiger partial charge on any atom is 0.252 e. The van der Waals surface area contributed by atoms with Crippen molar-refractivity contribution < 1.29 is 9.59 Å². The van der Waals surface area contributed by atoms with Gasteiger partial charge in [0.15, 0.2) is 0 Å². The zero-order chi connectivity index (χ0) is 22.9. The van der Waals surface area contributed by atoms with Gasteiger partial charge >= 0.3 is 0 Å². The molecule has 0 saturated heterocycles. The molecular formula is C27H29N3O2. The Bertz CT molecular complexity index is 1150. The molecule has 3 aromatic rings. The first-order valence-electron chi connectivity index (χ1n) is 10.7. The summed E-state index contributed by atoms with van der Waals surface area (Å²) in [5, 5.41) is 11.1. The predicted molar refractivity (Wildman–Crippen MR) is 130 cm³/mol.